The van der Waals surface area contributed by atoms with Gasteiger partial charge in [-0.3, -0.25) is 0 Å². The first-order chi connectivity index (χ1) is 10.7. The highest BCUT2D eigenvalue weighted by Gasteiger charge is 2.24. The first-order valence-electron chi connectivity index (χ1n) is 7.37. The fourth-order valence-electron chi connectivity index (χ4n) is 3.05. The van der Waals surface area contributed by atoms with Crippen molar-refractivity contribution >= 4 is 5.97 Å². The summed E-state index contributed by atoms with van der Waals surface area (Å²) in [6.45, 7) is 0. The van der Waals surface area contributed by atoms with E-state index in [4.69, 9.17) is 10.00 Å². The van der Waals surface area contributed by atoms with Gasteiger partial charge in [0.15, 0.2) is 0 Å². The fourth-order valence-corrected chi connectivity index (χ4v) is 3.05. The van der Waals surface area contributed by atoms with Crippen LogP contribution in [0.1, 0.15) is 46.8 Å². The molecule has 0 saturated carbocycles. The summed E-state index contributed by atoms with van der Waals surface area (Å²) in [5, 5.41) is 13.4. The lowest BCUT2D eigenvalue weighted by Crippen LogP contribution is -2.12. The van der Waals surface area contributed by atoms with Crippen LogP contribution in [0.15, 0.2) is 30.5 Å². The van der Waals surface area contributed by atoms with E-state index in [2.05, 4.69) is 11.2 Å². The van der Waals surface area contributed by atoms with Gasteiger partial charge in [0.05, 0.1) is 30.6 Å². The van der Waals surface area contributed by atoms with Crippen LogP contribution >= 0.6 is 0 Å². The Kier molecular flexibility index (Phi) is 3.92. The zero-order valence-electron chi connectivity index (χ0n) is 12.5. The molecule has 0 bridgehead atoms. The molecule has 0 aliphatic heterocycles. The first-order valence-corrected chi connectivity index (χ1v) is 7.37. The Morgan fingerprint density at radius 2 is 2.23 bits per heavy atom. The highest BCUT2D eigenvalue weighted by Crippen LogP contribution is 2.34. The van der Waals surface area contributed by atoms with Gasteiger partial charge >= 0.3 is 5.97 Å². The molecule has 1 aliphatic carbocycles. The van der Waals surface area contributed by atoms with Crippen molar-refractivity contribution < 1.29 is 9.53 Å². The average Bonchev–Trinajstić information content (AvgIpc) is 2.99. The van der Waals surface area contributed by atoms with E-state index in [1.807, 2.05) is 23.0 Å². The lowest BCUT2D eigenvalue weighted by Gasteiger charge is -2.21. The van der Waals surface area contributed by atoms with E-state index in [0.29, 0.717) is 12.0 Å². The van der Waals surface area contributed by atoms with Gasteiger partial charge in [-0.15, -0.1) is 0 Å². The van der Waals surface area contributed by atoms with Crippen LogP contribution < -0.4 is 0 Å². The standard InChI is InChI=1S/C17H17N3O2/c1-22-17(21)13-5-7-14(8-6-13)20-16-4-2-3-12(9-10-18)15(16)11-19-20/h5-8,11-12H,2-4,9H2,1H3. The van der Waals surface area contributed by atoms with Crippen molar-refractivity contribution in [2.24, 2.45) is 0 Å². The maximum absolute atomic E-state index is 11.5. The van der Waals surface area contributed by atoms with Gasteiger partial charge in [-0.1, -0.05) is 0 Å². The summed E-state index contributed by atoms with van der Waals surface area (Å²) in [5.41, 5.74) is 3.81. The average molecular weight is 295 g/mol. The molecule has 3 rings (SSSR count). The third-order valence-electron chi connectivity index (χ3n) is 4.18. The molecule has 1 atom stereocenters. The molecule has 0 spiro atoms. The van der Waals surface area contributed by atoms with Gasteiger partial charge in [0.25, 0.3) is 0 Å². The van der Waals surface area contributed by atoms with Crippen molar-refractivity contribution in [1.29, 1.82) is 5.26 Å². The molecule has 1 heterocycles. The lowest BCUT2D eigenvalue weighted by molar-refractivity contribution is 0.0601. The molecule has 2 aromatic rings. The van der Waals surface area contributed by atoms with Gasteiger partial charge < -0.3 is 4.74 Å². The Hall–Kier alpha value is -2.61. The molecule has 0 fully saturated rings. The van der Waals surface area contributed by atoms with Crippen molar-refractivity contribution in [1.82, 2.24) is 9.78 Å². The number of aromatic nitrogens is 2. The Bertz CT molecular complexity index is 725. The highest BCUT2D eigenvalue weighted by atomic mass is 16.5. The first kappa shape index (κ1) is 14.3. The molecule has 1 aromatic heterocycles. The number of benzene rings is 1. The molecule has 112 valence electrons. The Morgan fingerprint density at radius 1 is 1.45 bits per heavy atom. The second-order valence-electron chi connectivity index (χ2n) is 5.45. The van der Waals surface area contributed by atoms with Gasteiger partial charge in [-0.05, 0) is 49.1 Å². The summed E-state index contributed by atoms with van der Waals surface area (Å²) < 4.78 is 6.62. The maximum atomic E-state index is 11.5. The zero-order chi connectivity index (χ0) is 15.5. The minimum atomic E-state index is -0.344. The van der Waals surface area contributed by atoms with Crippen LogP contribution in [0, 0.1) is 11.3 Å². The topological polar surface area (TPSA) is 67.9 Å². The number of carbonyl (C=O) groups is 1. The molecule has 0 N–H and O–H groups in total. The molecule has 1 aliphatic rings. The number of hydrogen-bond donors (Lipinski definition) is 0. The van der Waals surface area contributed by atoms with Crippen molar-refractivity contribution in [3.05, 3.63) is 47.3 Å². The number of carbonyl (C=O) groups excluding carboxylic acids is 1. The van der Waals surface area contributed by atoms with E-state index in [-0.39, 0.29) is 11.9 Å². The Morgan fingerprint density at radius 3 is 2.91 bits per heavy atom. The number of methoxy groups -OCH3 is 1. The Balaban J connectivity index is 1.93. The van der Waals surface area contributed by atoms with Gasteiger partial charge in [0.2, 0.25) is 0 Å². The van der Waals surface area contributed by atoms with Gasteiger partial charge in [0, 0.05) is 18.0 Å². The smallest absolute Gasteiger partial charge is 0.337 e. The minimum absolute atomic E-state index is 0.289. The van der Waals surface area contributed by atoms with Gasteiger partial charge in [-0.25, -0.2) is 9.48 Å². The second kappa shape index (κ2) is 6.02. The molecule has 22 heavy (non-hydrogen) atoms. The normalized spacial score (nSPS) is 16.6. The van der Waals surface area contributed by atoms with Crippen molar-refractivity contribution in [3.63, 3.8) is 0 Å². The third-order valence-corrected chi connectivity index (χ3v) is 4.18. The van der Waals surface area contributed by atoms with Crippen LogP contribution in [0.5, 0.6) is 0 Å². The molecular formula is C17H17N3O2. The van der Waals surface area contributed by atoms with E-state index in [1.165, 1.54) is 18.4 Å². The van der Waals surface area contributed by atoms with E-state index in [1.54, 1.807) is 12.1 Å². The molecule has 5 nitrogen and oxygen atoms in total. The number of fused-ring (bicyclic) bond motifs is 1. The molecular weight excluding hydrogens is 278 g/mol. The van der Waals surface area contributed by atoms with Crippen LogP contribution in [0.3, 0.4) is 0 Å². The van der Waals surface area contributed by atoms with Gasteiger partial charge in [-0.2, -0.15) is 10.4 Å². The van der Waals surface area contributed by atoms with Crippen molar-refractivity contribution in [2.45, 2.75) is 31.6 Å². The summed E-state index contributed by atoms with van der Waals surface area (Å²) in [6.07, 6.45) is 5.51. The zero-order valence-corrected chi connectivity index (χ0v) is 12.5. The molecule has 0 radical (unpaired) electrons. The summed E-state index contributed by atoms with van der Waals surface area (Å²) in [7, 11) is 1.37. The van der Waals surface area contributed by atoms with Crippen LogP contribution in [-0.4, -0.2) is 22.9 Å². The second-order valence-corrected chi connectivity index (χ2v) is 5.45. The predicted octanol–water partition coefficient (Wildman–Crippen LogP) is 2.99. The summed E-state index contributed by atoms with van der Waals surface area (Å²) in [6, 6.07) is 9.48. The molecule has 5 heteroatoms. The van der Waals surface area contributed by atoms with Gasteiger partial charge in [0.1, 0.15) is 0 Å². The molecule has 1 unspecified atom stereocenters. The van der Waals surface area contributed by atoms with E-state index in [0.717, 1.165) is 24.9 Å². The Labute approximate surface area is 129 Å². The lowest BCUT2D eigenvalue weighted by atomic mass is 9.85. The van der Waals surface area contributed by atoms with Crippen molar-refractivity contribution in [2.75, 3.05) is 7.11 Å². The highest BCUT2D eigenvalue weighted by molar-refractivity contribution is 5.89. The predicted molar refractivity (Wildman–Crippen MR) is 80.8 cm³/mol. The van der Waals surface area contributed by atoms with Crippen LogP contribution in [-0.2, 0) is 11.2 Å². The summed E-state index contributed by atoms with van der Waals surface area (Å²) >= 11 is 0. The van der Waals surface area contributed by atoms with Crippen LogP contribution in [0.4, 0.5) is 0 Å². The molecule has 1 aromatic carbocycles. The summed E-state index contributed by atoms with van der Waals surface area (Å²) in [4.78, 5) is 11.5. The van der Waals surface area contributed by atoms with E-state index >= 15 is 0 Å². The number of esters is 1. The largest absolute Gasteiger partial charge is 0.465 e. The number of nitrogens with zero attached hydrogens (tertiary/aromatic N) is 3. The monoisotopic (exact) mass is 295 g/mol. The summed E-state index contributed by atoms with van der Waals surface area (Å²) in [5.74, 6) is -0.0556. The molecule has 0 saturated heterocycles. The number of rotatable bonds is 3. The van der Waals surface area contributed by atoms with E-state index < -0.39 is 0 Å². The fraction of sp³-hybridized carbons (Fsp3) is 0.353. The quantitative estimate of drug-likeness (QED) is 0.816. The number of nitriles is 1. The minimum Gasteiger partial charge on any atom is -0.465 e. The third kappa shape index (κ3) is 2.48. The molecule has 0 amide bonds. The maximum Gasteiger partial charge on any atom is 0.337 e. The van der Waals surface area contributed by atoms with Crippen LogP contribution in [0.2, 0.25) is 0 Å². The van der Waals surface area contributed by atoms with E-state index in [9.17, 15) is 4.79 Å². The number of hydrogen-bond acceptors (Lipinski definition) is 4. The number of ether oxygens (including phenoxy) is 1. The van der Waals surface area contributed by atoms with Crippen LogP contribution in [0.25, 0.3) is 5.69 Å². The van der Waals surface area contributed by atoms with Crippen molar-refractivity contribution in [3.8, 4) is 11.8 Å². The SMILES string of the molecule is COC(=O)c1ccc(-n2ncc3c2CCCC3CC#N)cc1.